The molecule has 110 valence electrons. The zero-order valence-electron chi connectivity index (χ0n) is 11.6. The van der Waals surface area contributed by atoms with Crippen LogP contribution in [0.3, 0.4) is 0 Å². The summed E-state index contributed by atoms with van der Waals surface area (Å²) in [5, 5.41) is 10.9. The molecule has 0 atom stereocenters. The molecule has 2 N–H and O–H groups in total. The number of rotatable bonds is 6. The van der Waals surface area contributed by atoms with Crippen LogP contribution in [0.1, 0.15) is 36.5 Å². The third-order valence-corrected chi connectivity index (χ3v) is 2.99. The largest absolute Gasteiger partial charge is 0.396 e. The molecule has 1 aromatic rings. The van der Waals surface area contributed by atoms with Crippen LogP contribution in [0, 0.1) is 15.9 Å². The highest BCUT2D eigenvalue weighted by molar-refractivity contribution is 5.98. The summed E-state index contributed by atoms with van der Waals surface area (Å²) in [4.78, 5) is 23.7. The normalized spacial score (nSPS) is 10.3. The minimum atomic E-state index is -0.901. The van der Waals surface area contributed by atoms with Crippen LogP contribution in [0.4, 0.5) is 15.8 Å². The maximum absolute atomic E-state index is 13.3. The molecule has 0 unspecified atom stereocenters. The summed E-state index contributed by atoms with van der Waals surface area (Å²) in [7, 11) is 1.56. The van der Waals surface area contributed by atoms with E-state index in [0.29, 0.717) is 12.6 Å². The molecule has 0 bridgehead atoms. The zero-order chi connectivity index (χ0) is 15.3. The molecule has 0 aromatic heterocycles. The number of nitrogens with zero attached hydrogens (tertiary/aromatic N) is 2. The topological polar surface area (TPSA) is 89.5 Å². The van der Waals surface area contributed by atoms with Gasteiger partial charge >= 0.3 is 0 Å². The van der Waals surface area contributed by atoms with Crippen molar-refractivity contribution in [3.63, 3.8) is 0 Å². The van der Waals surface area contributed by atoms with E-state index in [9.17, 15) is 19.3 Å². The minimum absolute atomic E-state index is 0.187. The smallest absolute Gasteiger partial charge is 0.285 e. The number of nitrogens with two attached hydrogens (primary N) is 1. The van der Waals surface area contributed by atoms with Gasteiger partial charge in [-0.3, -0.25) is 14.9 Å². The van der Waals surface area contributed by atoms with Gasteiger partial charge in [-0.15, -0.1) is 0 Å². The predicted octanol–water partition coefficient (Wildman–Crippen LogP) is 2.58. The third kappa shape index (κ3) is 3.66. The minimum Gasteiger partial charge on any atom is -0.396 e. The van der Waals surface area contributed by atoms with Crippen LogP contribution in [-0.4, -0.2) is 29.3 Å². The Balaban J connectivity index is 3.02. The Morgan fingerprint density at radius 2 is 2.10 bits per heavy atom. The van der Waals surface area contributed by atoms with Crippen molar-refractivity contribution in [3.8, 4) is 0 Å². The van der Waals surface area contributed by atoms with Crippen LogP contribution in [0.25, 0.3) is 0 Å². The first kappa shape index (κ1) is 15.9. The Kier molecular flexibility index (Phi) is 5.42. The molecule has 20 heavy (non-hydrogen) atoms. The van der Waals surface area contributed by atoms with Gasteiger partial charge in [0.1, 0.15) is 5.56 Å². The van der Waals surface area contributed by atoms with Crippen molar-refractivity contribution in [3.05, 3.63) is 33.6 Å². The molecule has 0 saturated heterocycles. The van der Waals surface area contributed by atoms with Gasteiger partial charge in [0.15, 0.2) is 5.82 Å². The van der Waals surface area contributed by atoms with E-state index >= 15 is 0 Å². The molecule has 0 radical (unpaired) electrons. The van der Waals surface area contributed by atoms with Crippen molar-refractivity contribution in [2.45, 2.75) is 26.2 Å². The molecule has 0 saturated carbocycles. The molecular weight excluding hydrogens is 265 g/mol. The number of hydrogen-bond donors (Lipinski definition) is 1. The number of unbranched alkanes of at least 4 members (excludes halogenated alkanes) is 2. The highest BCUT2D eigenvalue weighted by atomic mass is 19.1. The average molecular weight is 283 g/mol. The Bertz CT molecular complexity index is 520. The fourth-order valence-electron chi connectivity index (χ4n) is 1.81. The van der Waals surface area contributed by atoms with Crippen LogP contribution in [0.2, 0.25) is 0 Å². The Morgan fingerprint density at radius 1 is 1.45 bits per heavy atom. The fraction of sp³-hybridized carbons (Fsp3) is 0.462. The Labute approximate surface area is 116 Å². The van der Waals surface area contributed by atoms with Gasteiger partial charge in [0.05, 0.1) is 16.7 Å². The maximum atomic E-state index is 13.3. The van der Waals surface area contributed by atoms with E-state index in [4.69, 9.17) is 5.73 Å². The monoisotopic (exact) mass is 283 g/mol. The zero-order valence-corrected chi connectivity index (χ0v) is 11.6. The average Bonchev–Trinajstić information content (AvgIpc) is 2.40. The molecule has 0 spiro atoms. The van der Waals surface area contributed by atoms with Crippen molar-refractivity contribution in [1.82, 2.24) is 4.90 Å². The second-order valence-corrected chi connectivity index (χ2v) is 4.58. The van der Waals surface area contributed by atoms with Crippen LogP contribution >= 0.6 is 0 Å². The van der Waals surface area contributed by atoms with Crippen molar-refractivity contribution in [2.24, 2.45) is 0 Å². The lowest BCUT2D eigenvalue weighted by Gasteiger charge is -2.17. The van der Waals surface area contributed by atoms with E-state index in [-0.39, 0.29) is 11.3 Å². The molecule has 1 rings (SSSR count). The number of nitro groups is 1. The number of anilines is 1. The summed E-state index contributed by atoms with van der Waals surface area (Å²) in [6, 6.07) is 1.70. The third-order valence-electron chi connectivity index (χ3n) is 2.99. The number of carbonyl (C=O) groups is 1. The second-order valence-electron chi connectivity index (χ2n) is 4.58. The van der Waals surface area contributed by atoms with E-state index in [1.165, 1.54) is 4.90 Å². The number of amides is 1. The summed E-state index contributed by atoms with van der Waals surface area (Å²) in [6.45, 7) is 2.52. The number of nitrogen functional groups attached to an aromatic ring is 1. The van der Waals surface area contributed by atoms with Crippen LogP contribution in [0.15, 0.2) is 12.1 Å². The summed E-state index contributed by atoms with van der Waals surface area (Å²) >= 11 is 0. The number of benzene rings is 1. The number of nitro benzene ring substituents is 1. The lowest BCUT2D eigenvalue weighted by Crippen LogP contribution is -2.28. The van der Waals surface area contributed by atoms with E-state index < -0.39 is 22.3 Å². The molecule has 0 fully saturated rings. The van der Waals surface area contributed by atoms with Crippen molar-refractivity contribution < 1.29 is 14.1 Å². The second kappa shape index (κ2) is 6.83. The highest BCUT2D eigenvalue weighted by Gasteiger charge is 2.25. The lowest BCUT2D eigenvalue weighted by atomic mass is 10.1. The summed E-state index contributed by atoms with van der Waals surface area (Å²) in [5.41, 5.74) is 4.35. The van der Waals surface area contributed by atoms with Gasteiger partial charge < -0.3 is 10.6 Å². The molecule has 7 heteroatoms. The number of carbonyl (C=O) groups excluding carboxylic acids is 1. The molecule has 6 nitrogen and oxygen atoms in total. The van der Waals surface area contributed by atoms with Gasteiger partial charge in [-0.1, -0.05) is 19.8 Å². The Hall–Kier alpha value is -2.18. The highest BCUT2D eigenvalue weighted by Crippen LogP contribution is 2.25. The van der Waals surface area contributed by atoms with Gasteiger partial charge in [0, 0.05) is 13.6 Å². The molecular formula is C13H18FN3O3. The predicted molar refractivity (Wildman–Crippen MR) is 74.0 cm³/mol. The van der Waals surface area contributed by atoms with Gasteiger partial charge in [0.2, 0.25) is 0 Å². The van der Waals surface area contributed by atoms with Gasteiger partial charge in [-0.05, 0) is 12.5 Å². The van der Waals surface area contributed by atoms with Crippen LogP contribution in [-0.2, 0) is 0 Å². The number of hydrogen-bond acceptors (Lipinski definition) is 4. The van der Waals surface area contributed by atoms with Crippen LogP contribution in [0.5, 0.6) is 0 Å². The summed E-state index contributed by atoms with van der Waals surface area (Å²) in [5.74, 6) is -1.43. The first-order valence-corrected chi connectivity index (χ1v) is 6.37. The molecule has 0 heterocycles. The van der Waals surface area contributed by atoms with Crippen molar-refractivity contribution in [1.29, 1.82) is 0 Å². The molecule has 1 amide bonds. The fourth-order valence-corrected chi connectivity index (χ4v) is 1.81. The summed E-state index contributed by atoms with van der Waals surface area (Å²) in [6.07, 6.45) is 2.78. The van der Waals surface area contributed by atoms with E-state index in [1.54, 1.807) is 7.05 Å². The molecule has 0 aliphatic rings. The van der Waals surface area contributed by atoms with Gasteiger partial charge in [-0.25, -0.2) is 4.39 Å². The van der Waals surface area contributed by atoms with Crippen molar-refractivity contribution >= 4 is 17.3 Å². The number of halogens is 1. The molecule has 1 aromatic carbocycles. The first-order valence-electron chi connectivity index (χ1n) is 6.37. The molecule has 0 aliphatic heterocycles. The van der Waals surface area contributed by atoms with Gasteiger partial charge in [-0.2, -0.15) is 0 Å². The SMILES string of the molecule is CCCCCN(C)C(=O)c1cc(N)c(F)cc1[N+](=O)[O-]. The summed E-state index contributed by atoms with van der Waals surface area (Å²) < 4.78 is 13.3. The standard InChI is InChI=1S/C13H18FN3O3/c1-3-4-5-6-16(2)13(18)9-7-11(15)10(14)8-12(9)17(19)20/h7-8H,3-6,15H2,1-2H3. The van der Waals surface area contributed by atoms with E-state index in [1.807, 2.05) is 6.92 Å². The van der Waals surface area contributed by atoms with E-state index in [0.717, 1.165) is 25.3 Å². The Morgan fingerprint density at radius 3 is 2.65 bits per heavy atom. The quantitative estimate of drug-likeness (QED) is 0.376. The van der Waals surface area contributed by atoms with Crippen molar-refractivity contribution in [2.75, 3.05) is 19.3 Å². The van der Waals surface area contributed by atoms with E-state index in [2.05, 4.69) is 0 Å². The molecule has 0 aliphatic carbocycles. The van der Waals surface area contributed by atoms with Gasteiger partial charge in [0.25, 0.3) is 11.6 Å². The first-order chi connectivity index (χ1) is 9.38. The maximum Gasteiger partial charge on any atom is 0.285 e. The lowest BCUT2D eigenvalue weighted by molar-refractivity contribution is -0.385. The van der Waals surface area contributed by atoms with Crippen LogP contribution < -0.4 is 5.73 Å².